The third-order valence-corrected chi connectivity index (χ3v) is 5.89. The number of hydrogen-bond acceptors (Lipinski definition) is 4. The van der Waals surface area contributed by atoms with E-state index in [1.54, 1.807) is 0 Å². The second kappa shape index (κ2) is 7.40. The summed E-state index contributed by atoms with van der Waals surface area (Å²) in [6.07, 6.45) is 8.72. The van der Waals surface area contributed by atoms with Crippen molar-refractivity contribution in [2.45, 2.75) is 69.8 Å². The van der Waals surface area contributed by atoms with Crippen LogP contribution in [0.15, 0.2) is 0 Å². The number of piperidine rings is 2. The van der Waals surface area contributed by atoms with Gasteiger partial charge in [-0.3, -0.25) is 0 Å². The molecule has 2 aliphatic heterocycles. The molecule has 1 saturated carbocycles. The minimum atomic E-state index is 0.454. The zero-order chi connectivity index (χ0) is 14.7. The van der Waals surface area contributed by atoms with Crippen molar-refractivity contribution in [3.05, 3.63) is 0 Å². The second-order valence-corrected chi connectivity index (χ2v) is 7.15. The van der Waals surface area contributed by atoms with Crippen LogP contribution in [-0.2, 0) is 9.47 Å². The molecule has 4 nitrogen and oxygen atoms in total. The predicted molar refractivity (Wildman–Crippen MR) is 84.6 cm³/mol. The van der Waals surface area contributed by atoms with Gasteiger partial charge in [-0.05, 0) is 64.5 Å². The van der Waals surface area contributed by atoms with Gasteiger partial charge in [0, 0.05) is 26.2 Å². The molecule has 3 fully saturated rings. The first-order chi connectivity index (χ1) is 10.3. The summed E-state index contributed by atoms with van der Waals surface area (Å²) in [5, 5.41) is 3.47. The van der Waals surface area contributed by atoms with E-state index >= 15 is 0 Å². The Hall–Kier alpha value is -0.160. The number of nitrogens with zero attached hydrogens (tertiary/aromatic N) is 1. The molecule has 4 heteroatoms. The molecule has 1 N–H and O–H groups in total. The average Bonchev–Trinajstić information content (AvgIpc) is 2.51. The van der Waals surface area contributed by atoms with Crippen molar-refractivity contribution in [3.8, 4) is 0 Å². The summed E-state index contributed by atoms with van der Waals surface area (Å²) in [5.41, 5.74) is 0. The van der Waals surface area contributed by atoms with Gasteiger partial charge in [0.1, 0.15) is 0 Å². The number of likely N-dealkylation sites (tertiary alicyclic amines) is 1. The van der Waals surface area contributed by atoms with Gasteiger partial charge in [-0.15, -0.1) is 0 Å². The Kier molecular flexibility index (Phi) is 5.54. The van der Waals surface area contributed by atoms with Crippen molar-refractivity contribution in [3.63, 3.8) is 0 Å². The maximum atomic E-state index is 6.22. The fourth-order valence-electron chi connectivity index (χ4n) is 4.14. The highest BCUT2D eigenvalue weighted by Crippen LogP contribution is 2.30. The zero-order valence-corrected chi connectivity index (χ0v) is 13.7. The summed E-state index contributed by atoms with van der Waals surface area (Å²) < 4.78 is 11.5. The summed E-state index contributed by atoms with van der Waals surface area (Å²) in [4.78, 5) is 2.70. The maximum Gasteiger partial charge on any atom is 0.0628 e. The van der Waals surface area contributed by atoms with Crippen molar-refractivity contribution in [2.24, 2.45) is 5.92 Å². The summed E-state index contributed by atoms with van der Waals surface area (Å²) in [5.74, 6) is 0.887. The number of rotatable bonds is 5. The van der Waals surface area contributed by atoms with Gasteiger partial charge in [0.15, 0.2) is 0 Å². The van der Waals surface area contributed by atoms with E-state index in [0.717, 1.165) is 24.8 Å². The molecule has 0 aromatic heterocycles. The summed E-state index contributed by atoms with van der Waals surface area (Å²) in [7, 11) is 1.81. The molecule has 0 spiro atoms. The van der Waals surface area contributed by atoms with E-state index < -0.39 is 0 Å². The molecule has 0 amide bonds. The molecule has 2 heterocycles. The lowest BCUT2D eigenvalue weighted by atomic mass is 9.88. The minimum absolute atomic E-state index is 0.454. The fraction of sp³-hybridized carbons (Fsp3) is 1.00. The number of nitrogens with one attached hydrogen (secondary N) is 1. The van der Waals surface area contributed by atoms with E-state index in [1.807, 2.05) is 7.11 Å². The fourth-order valence-corrected chi connectivity index (χ4v) is 4.14. The summed E-state index contributed by atoms with van der Waals surface area (Å²) >= 11 is 0. The number of ether oxygens (including phenoxy) is 2. The highest BCUT2D eigenvalue weighted by molar-refractivity contribution is 4.86. The number of hydrogen-bond donors (Lipinski definition) is 1. The van der Waals surface area contributed by atoms with Crippen molar-refractivity contribution < 1.29 is 9.47 Å². The predicted octanol–water partition coefficient (Wildman–Crippen LogP) is 2.03. The molecule has 0 radical (unpaired) electrons. The Morgan fingerprint density at radius 3 is 2.24 bits per heavy atom. The van der Waals surface area contributed by atoms with Gasteiger partial charge in [-0.1, -0.05) is 0 Å². The van der Waals surface area contributed by atoms with Gasteiger partial charge in [0.25, 0.3) is 0 Å². The molecule has 3 rings (SSSR count). The smallest absolute Gasteiger partial charge is 0.0628 e. The molecule has 1 unspecified atom stereocenters. The van der Waals surface area contributed by atoms with E-state index in [1.165, 1.54) is 51.9 Å². The molecule has 1 atom stereocenters. The minimum Gasteiger partial charge on any atom is -0.381 e. The Balaban J connectivity index is 1.36. The molecule has 0 bridgehead atoms. The molecular weight excluding hydrogens is 264 g/mol. The average molecular weight is 296 g/mol. The van der Waals surface area contributed by atoms with Gasteiger partial charge in [-0.25, -0.2) is 0 Å². The van der Waals surface area contributed by atoms with Crippen LogP contribution in [0.2, 0.25) is 0 Å². The largest absolute Gasteiger partial charge is 0.381 e. The SMILES string of the molecule is COC1CC(OC2CCN(C(C)C3CCNCC3)CC2)C1. The van der Waals surface area contributed by atoms with Crippen LogP contribution in [0, 0.1) is 5.92 Å². The van der Waals surface area contributed by atoms with Gasteiger partial charge in [0.2, 0.25) is 0 Å². The Bertz CT molecular complexity index is 306. The normalized spacial score (nSPS) is 34.6. The molecule has 3 aliphatic rings. The molecule has 2 saturated heterocycles. The second-order valence-electron chi connectivity index (χ2n) is 7.15. The van der Waals surface area contributed by atoms with Crippen molar-refractivity contribution in [1.29, 1.82) is 0 Å². The quantitative estimate of drug-likeness (QED) is 0.842. The highest BCUT2D eigenvalue weighted by Gasteiger charge is 2.34. The molecule has 1 aliphatic carbocycles. The van der Waals surface area contributed by atoms with E-state index in [0.29, 0.717) is 18.3 Å². The van der Waals surface area contributed by atoms with Gasteiger partial charge in [-0.2, -0.15) is 0 Å². The van der Waals surface area contributed by atoms with Crippen molar-refractivity contribution >= 4 is 0 Å². The van der Waals surface area contributed by atoms with Crippen LogP contribution in [0.25, 0.3) is 0 Å². The first kappa shape index (κ1) is 15.7. The van der Waals surface area contributed by atoms with Crippen LogP contribution in [0.3, 0.4) is 0 Å². The van der Waals surface area contributed by atoms with E-state index in [-0.39, 0.29) is 0 Å². The van der Waals surface area contributed by atoms with Gasteiger partial charge in [0.05, 0.1) is 18.3 Å². The molecule has 122 valence electrons. The molecular formula is C17H32N2O2. The standard InChI is InChI=1S/C17H32N2O2/c1-13(14-3-7-18-8-4-14)19-9-5-15(6-10-19)21-17-11-16(12-17)20-2/h13-18H,3-12H2,1-2H3. The van der Waals surface area contributed by atoms with Crippen LogP contribution >= 0.6 is 0 Å². The third kappa shape index (κ3) is 3.98. The lowest BCUT2D eigenvalue weighted by Gasteiger charge is -2.43. The number of methoxy groups -OCH3 is 1. The molecule has 0 aromatic rings. The lowest BCUT2D eigenvalue weighted by Crippen LogP contribution is -2.48. The van der Waals surface area contributed by atoms with Crippen LogP contribution in [0.1, 0.15) is 45.4 Å². The van der Waals surface area contributed by atoms with E-state index in [2.05, 4.69) is 17.1 Å². The van der Waals surface area contributed by atoms with Crippen LogP contribution in [0.4, 0.5) is 0 Å². The topological polar surface area (TPSA) is 33.7 Å². The van der Waals surface area contributed by atoms with Crippen molar-refractivity contribution in [2.75, 3.05) is 33.3 Å². The third-order valence-electron chi connectivity index (χ3n) is 5.89. The Labute approximate surface area is 129 Å². The van der Waals surface area contributed by atoms with Gasteiger partial charge >= 0.3 is 0 Å². The molecule has 0 aromatic carbocycles. The summed E-state index contributed by atoms with van der Waals surface area (Å²) in [6.45, 7) is 7.28. The Morgan fingerprint density at radius 1 is 0.952 bits per heavy atom. The highest BCUT2D eigenvalue weighted by atomic mass is 16.5. The zero-order valence-electron chi connectivity index (χ0n) is 13.7. The van der Waals surface area contributed by atoms with Gasteiger partial charge < -0.3 is 19.7 Å². The molecule has 21 heavy (non-hydrogen) atoms. The maximum absolute atomic E-state index is 6.22. The Morgan fingerprint density at radius 2 is 1.62 bits per heavy atom. The lowest BCUT2D eigenvalue weighted by molar-refractivity contribution is -0.128. The van der Waals surface area contributed by atoms with Crippen LogP contribution in [0.5, 0.6) is 0 Å². The van der Waals surface area contributed by atoms with Crippen molar-refractivity contribution in [1.82, 2.24) is 10.2 Å². The first-order valence-electron chi connectivity index (χ1n) is 8.89. The first-order valence-corrected chi connectivity index (χ1v) is 8.89. The van der Waals surface area contributed by atoms with E-state index in [4.69, 9.17) is 9.47 Å². The summed E-state index contributed by atoms with van der Waals surface area (Å²) in [6, 6.07) is 0.745. The monoisotopic (exact) mass is 296 g/mol. The van der Waals surface area contributed by atoms with Crippen LogP contribution < -0.4 is 5.32 Å². The van der Waals surface area contributed by atoms with E-state index in [9.17, 15) is 0 Å². The van der Waals surface area contributed by atoms with Crippen LogP contribution in [-0.4, -0.2) is 62.5 Å².